The Morgan fingerprint density at radius 2 is 1.88 bits per heavy atom. The molecule has 0 bridgehead atoms. The van der Waals surface area contributed by atoms with Crippen molar-refractivity contribution in [3.63, 3.8) is 0 Å². The normalized spacial score (nSPS) is 15.8. The lowest BCUT2D eigenvalue weighted by Crippen LogP contribution is -2.22. The van der Waals surface area contributed by atoms with Gasteiger partial charge in [0.1, 0.15) is 11.5 Å². The van der Waals surface area contributed by atoms with Crippen molar-refractivity contribution >= 4 is 0 Å². The Hall–Kier alpha value is -1.95. The lowest BCUT2D eigenvalue weighted by atomic mass is 10.1. The first-order valence-electron chi connectivity index (χ1n) is 8.15. The van der Waals surface area contributed by atoms with Crippen molar-refractivity contribution < 1.29 is 22.3 Å². The summed E-state index contributed by atoms with van der Waals surface area (Å²) in [6, 6.07) is 7.28. The van der Waals surface area contributed by atoms with Crippen LogP contribution < -0.4 is 4.74 Å². The van der Waals surface area contributed by atoms with Crippen LogP contribution in [0.1, 0.15) is 24.8 Å². The van der Waals surface area contributed by atoms with Gasteiger partial charge in [-0.1, -0.05) is 6.07 Å². The van der Waals surface area contributed by atoms with Gasteiger partial charge in [-0.15, -0.1) is 0 Å². The fourth-order valence-electron chi connectivity index (χ4n) is 3.01. The predicted molar refractivity (Wildman–Crippen MR) is 84.9 cm³/mol. The van der Waals surface area contributed by atoms with Gasteiger partial charge in [0, 0.05) is 6.54 Å². The summed E-state index contributed by atoms with van der Waals surface area (Å²) in [4.78, 5) is 2.31. The fraction of sp³-hybridized carbons (Fsp3) is 0.444. The number of likely N-dealkylation sites (tertiary alicyclic amines) is 1. The molecule has 3 rings (SSSR count). The number of halogens is 3. The highest BCUT2D eigenvalue weighted by molar-refractivity contribution is 5.68. The smallest absolute Gasteiger partial charge is 0.419 e. The molecule has 1 aliphatic rings. The molecule has 6 heteroatoms. The summed E-state index contributed by atoms with van der Waals surface area (Å²) in [7, 11) is 0. The van der Waals surface area contributed by atoms with Crippen LogP contribution in [-0.4, -0.2) is 31.1 Å². The van der Waals surface area contributed by atoms with Crippen LogP contribution in [0.25, 0.3) is 11.3 Å². The Morgan fingerprint density at radius 1 is 1.08 bits per heavy atom. The minimum absolute atomic E-state index is 0.152. The Balaban J connectivity index is 1.75. The maximum Gasteiger partial charge on any atom is 0.419 e. The van der Waals surface area contributed by atoms with Crippen LogP contribution in [-0.2, 0) is 6.18 Å². The van der Waals surface area contributed by atoms with Gasteiger partial charge in [0.15, 0.2) is 0 Å². The number of para-hydroxylation sites is 1. The molecule has 2 heterocycles. The summed E-state index contributed by atoms with van der Waals surface area (Å²) in [5, 5.41) is 0. The molecule has 2 aromatic rings. The maximum atomic E-state index is 13.3. The van der Waals surface area contributed by atoms with Gasteiger partial charge >= 0.3 is 6.18 Å². The zero-order chi connectivity index (χ0) is 17.0. The van der Waals surface area contributed by atoms with E-state index in [-0.39, 0.29) is 12.4 Å². The van der Waals surface area contributed by atoms with E-state index in [1.165, 1.54) is 25.2 Å². The average molecular weight is 339 g/mol. The van der Waals surface area contributed by atoms with Crippen molar-refractivity contribution in [2.75, 3.05) is 26.2 Å². The lowest BCUT2D eigenvalue weighted by molar-refractivity contribution is -0.138. The molecular weight excluding hydrogens is 319 g/mol. The summed E-state index contributed by atoms with van der Waals surface area (Å²) in [5.74, 6) is 0.219. The van der Waals surface area contributed by atoms with Crippen LogP contribution in [0.4, 0.5) is 13.2 Å². The van der Waals surface area contributed by atoms with E-state index in [0.717, 1.165) is 25.7 Å². The Morgan fingerprint density at radius 3 is 2.54 bits per heavy atom. The second kappa shape index (κ2) is 7.30. The van der Waals surface area contributed by atoms with Crippen molar-refractivity contribution in [3.8, 4) is 17.1 Å². The molecule has 0 spiro atoms. The van der Waals surface area contributed by atoms with Gasteiger partial charge in [0.25, 0.3) is 0 Å². The summed E-state index contributed by atoms with van der Waals surface area (Å²) >= 11 is 0. The monoisotopic (exact) mass is 339 g/mol. The highest BCUT2D eigenvalue weighted by Gasteiger charge is 2.35. The summed E-state index contributed by atoms with van der Waals surface area (Å²) in [5.41, 5.74) is -0.437. The van der Waals surface area contributed by atoms with Gasteiger partial charge in [0.2, 0.25) is 0 Å². The minimum Gasteiger partial charge on any atom is -0.492 e. The molecule has 1 aromatic carbocycles. The first kappa shape index (κ1) is 16.9. The number of benzene rings is 1. The molecule has 0 saturated carbocycles. The molecule has 0 atom stereocenters. The highest BCUT2D eigenvalue weighted by atomic mass is 19.4. The number of nitrogens with zero attached hydrogens (tertiary/aromatic N) is 1. The third-order valence-electron chi connectivity index (χ3n) is 4.17. The first-order chi connectivity index (χ1) is 11.6. The second-order valence-corrected chi connectivity index (χ2v) is 5.91. The molecule has 1 fully saturated rings. The van der Waals surface area contributed by atoms with Crippen LogP contribution in [0.5, 0.6) is 5.75 Å². The number of rotatable bonds is 6. The molecule has 0 aliphatic carbocycles. The largest absolute Gasteiger partial charge is 0.492 e. The molecule has 1 aliphatic heterocycles. The molecule has 0 amide bonds. The molecule has 130 valence electrons. The molecule has 1 saturated heterocycles. The molecular formula is C18H20F3NO2. The van der Waals surface area contributed by atoms with Crippen molar-refractivity contribution in [2.45, 2.75) is 25.4 Å². The van der Waals surface area contributed by atoms with Crippen molar-refractivity contribution in [3.05, 3.63) is 42.2 Å². The average Bonchev–Trinajstić information content (AvgIpc) is 3.24. The van der Waals surface area contributed by atoms with E-state index in [1.54, 1.807) is 18.2 Å². The van der Waals surface area contributed by atoms with E-state index < -0.39 is 11.7 Å². The van der Waals surface area contributed by atoms with E-state index in [0.29, 0.717) is 17.7 Å². The predicted octanol–water partition coefficient (Wildman–Crippen LogP) is 4.83. The maximum absolute atomic E-state index is 13.3. The van der Waals surface area contributed by atoms with E-state index in [2.05, 4.69) is 4.90 Å². The number of alkyl halides is 3. The standard InChI is InChI=1S/C18H20F3NO2/c19-18(20,21)15-7-3-6-14(16-8-4-12-23-16)17(15)24-13-5-11-22-9-1-2-10-22/h3-4,6-8,12H,1-2,5,9-11,13H2. The van der Waals surface area contributed by atoms with Gasteiger partial charge in [0.05, 0.1) is 24.0 Å². The quantitative estimate of drug-likeness (QED) is 0.705. The van der Waals surface area contributed by atoms with E-state index in [9.17, 15) is 13.2 Å². The second-order valence-electron chi connectivity index (χ2n) is 5.91. The SMILES string of the molecule is FC(F)(F)c1cccc(-c2ccco2)c1OCCCN1CCCC1. The number of hydrogen-bond acceptors (Lipinski definition) is 3. The number of hydrogen-bond donors (Lipinski definition) is 0. The topological polar surface area (TPSA) is 25.6 Å². The molecule has 0 radical (unpaired) electrons. The lowest BCUT2D eigenvalue weighted by Gasteiger charge is -2.18. The molecule has 3 nitrogen and oxygen atoms in total. The third-order valence-corrected chi connectivity index (χ3v) is 4.17. The van der Waals surface area contributed by atoms with Crippen LogP contribution in [0, 0.1) is 0 Å². The zero-order valence-corrected chi connectivity index (χ0v) is 13.3. The van der Waals surface area contributed by atoms with Gasteiger partial charge in [-0.05, 0) is 56.6 Å². The zero-order valence-electron chi connectivity index (χ0n) is 13.3. The molecule has 1 aromatic heterocycles. The van der Waals surface area contributed by atoms with E-state index in [4.69, 9.17) is 9.15 Å². The van der Waals surface area contributed by atoms with E-state index >= 15 is 0 Å². The summed E-state index contributed by atoms with van der Waals surface area (Å²) < 4.78 is 50.7. The number of ether oxygens (including phenoxy) is 1. The fourth-order valence-corrected chi connectivity index (χ4v) is 3.01. The first-order valence-corrected chi connectivity index (χ1v) is 8.15. The van der Waals surface area contributed by atoms with Gasteiger partial charge < -0.3 is 14.1 Å². The Labute approximate surface area is 139 Å². The van der Waals surface area contributed by atoms with Gasteiger partial charge in [-0.3, -0.25) is 0 Å². The van der Waals surface area contributed by atoms with Crippen molar-refractivity contribution in [1.82, 2.24) is 4.90 Å². The van der Waals surface area contributed by atoms with Crippen LogP contribution in [0.2, 0.25) is 0 Å². The van der Waals surface area contributed by atoms with Crippen LogP contribution in [0.15, 0.2) is 41.0 Å². The van der Waals surface area contributed by atoms with Gasteiger partial charge in [-0.25, -0.2) is 0 Å². The third kappa shape index (κ3) is 3.93. The number of furan rings is 1. The highest BCUT2D eigenvalue weighted by Crippen LogP contribution is 2.42. The van der Waals surface area contributed by atoms with Crippen molar-refractivity contribution in [1.29, 1.82) is 0 Å². The molecule has 0 unspecified atom stereocenters. The van der Waals surface area contributed by atoms with E-state index in [1.807, 2.05) is 0 Å². The van der Waals surface area contributed by atoms with Crippen molar-refractivity contribution in [2.24, 2.45) is 0 Å². The Bertz CT molecular complexity index is 647. The molecule has 0 N–H and O–H groups in total. The van der Waals surface area contributed by atoms with Crippen LogP contribution in [0.3, 0.4) is 0 Å². The minimum atomic E-state index is -4.47. The van der Waals surface area contributed by atoms with Gasteiger partial charge in [-0.2, -0.15) is 13.2 Å². The Kier molecular flexibility index (Phi) is 5.14. The summed E-state index contributed by atoms with van der Waals surface area (Å²) in [6.45, 7) is 3.23. The summed E-state index contributed by atoms with van der Waals surface area (Å²) in [6.07, 6.45) is 0.0598. The molecule has 24 heavy (non-hydrogen) atoms. The van der Waals surface area contributed by atoms with Crippen LogP contribution >= 0.6 is 0 Å².